The summed E-state index contributed by atoms with van der Waals surface area (Å²) in [5.74, 6) is 0.411. The molecule has 1 aliphatic heterocycles. The van der Waals surface area contributed by atoms with Crippen LogP contribution in [-0.2, 0) is 23.0 Å². The van der Waals surface area contributed by atoms with E-state index in [0.717, 1.165) is 11.4 Å². The van der Waals surface area contributed by atoms with Crippen LogP contribution >= 0.6 is 0 Å². The number of carbonyl (C=O) groups excluding carboxylic acids is 1. The van der Waals surface area contributed by atoms with Crippen LogP contribution in [0.15, 0.2) is 36.7 Å². The second-order valence-corrected chi connectivity index (χ2v) is 6.22. The number of rotatable bonds is 5. The van der Waals surface area contributed by atoms with Crippen LogP contribution in [0.4, 0.5) is 4.39 Å². The van der Waals surface area contributed by atoms with E-state index in [-0.39, 0.29) is 23.7 Å². The second-order valence-electron chi connectivity index (χ2n) is 6.22. The molecule has 1 aromatic carbocycles. The van der Waals surface area contributed by atoms with E-state index in [1.54, 1.807) is 30.3 Å². The van der Waals surface area contributed by atoms with Crippen LogP contribution in [0.2, 0.25) is 0 Å². The van der Waals surface area contributed by atoms with E-state index >= 15 is 0 Å². The van der Waals surface area contributed by atoms with Crippen LogP contribution in [0.25, 0.3) is 0 Å². The van der Waals surface area contributed by atoms with E-state index < -0.39 is 0 Å². The lowest BCUT2D eigenvalue weighted by atomic mass is 9.99. The summed E-state index contributed by atoms with van der Waals surface area (Å²) in [4.78, 5) is 18.8. The van der Waals surface area contributed by atoms with Crippen molar-refractivity contribution >= 4 is 5.91 Å². The smallest absolute Gasteiger partial charge is 0.228 e. The second kappa shape index (κ2) is 7.13. The topological polar surface area (TPSA) is 47.4 Å². The van der Waals surface area contributed by atoms with Crippen molar-refractivity contribution < 1.29 is 13.9 Å². The van der Waals surface area contributed by atoms with Gasteiger partial charge in [0.05, 0.1) is 5.92 Å². The van der Waals surface area contributed by atoms with Crippen LogP contribution in [0.1, 0.15) is 23.9 Å². The molecule has 1 aromatic heterocycles. The molecule has 1 saturated heterocycles. The molecule has 5 nitrogen and oxygen atoms in total. The molecule has 24 heavy (non-hydrogen) atoms. The Kier molecular flexibility index (Phi) is 4.94. The molecule has 128 valence electrons. The number of halogens is 1. The first-order chi connectivity index (χ1) is 11.6. The molecule has 2 heterocycles. The van der Waals surface area contributed by atoms with E-state index in [2.05, 4.69) is 4.98 Å². The van der Waals surface area contributed by atoms with Crippen molar-refractivity contribution in [3.8, 4) is 0 Å². The van der Waals surface area contributed by atoms with Crippen LogP contribution in [-0.4, -0.2) is 40.6 Å². The third-order valence-electron chi connectivity index (χ3n) is 4.55. The van der Waals surface area contributed by atoms with Gasteiger partial charge in [-0.25, -0.2) is 9.37 Å². The molecule has 1 amide bonds. The number of amides is 1. The summed E-state index contributed by atoms with van der Waals surface area (Å²) >= 11 is 0. The van der Waals surface area contributed by atoms with Gasteiger partial charge >= 0.3 is 0 Å². The first kappa shape index (κ1) is 16.6. The molecule has 1 aliphatic rings. The van der Waals surface area contributed by atoms with Gasteiger partial charge in [-0.1, -0.05) is 12.1 Å². The van der Waals surface area contributed by atoms with Gasteiger partial charge in [-0.2, -0.15) is 0 Å². The lowest BCUT2D eigenvalue weighted by molar-refractivity contribution is -0.136. The maximum Gasteiger partial charge on any atom is 0.228 e. The summed E-state index contributed by atoms with van der Waals surface area (Å²) < 4.78 is 20.6. The Balaban J connectivity index is 1.62. The summed E-state index contributed by atoms with van der Waals surface area (Å²) in [6, 6.07) is 6.39. The predicted molar refractivity (Wildman–Crippen MR) is 87.7 cm³/mol. The molecule has 0 radical (unpaired) electrons. The van der Waals surface area contributed by atoms with Gasteiger partial charge < -0.3 is 14.2 Å². The summed E-state index contributed by atoms with van der Waals surface area (Å²) in [5.41, 5.74) is 1.01. The Morgan fingerprint density at radius 1 is 1.42 bits per heavy atom. The minimum Gasteiger partial charge on any atom is -0.369 e. The molecule has 0 aliphatic carbocycles. The highest BCUT2D eigenvalue weighted by Gasteiger charge is 2.38. The van der Waals surface area contributed by atoms with Crippen LogP contribution in [0, 0.1) is 11.7 Å². The quantitative estimate of drug-likeness (QED) is 0.845. The SMILES string of the molecule is CN(CCc1ccc(F)cc1)C(=O)[C@@H]1CCO[C@H]1c1nccn1C. The van der Waals surface area contributed by atoms with Crippen molar-refractivity contribution in [3.05, 3.63) is 53.9 Å². The van der Waals surface area contributed by atoms with E-state index in [9.17, 15) is 9.18 Å². The first-order valence-corrected chi connectivity index (χ1v) is 8.14. The van der Waals surface area contributed by atoms with Gasteiger partial charge in [0.15, 0.2) is 0 Å². The Bertz CT molecular complexity index is 699. The molecule has 2 atom stereocenters. The van der Waals surface area contributed by atoms with Gasteiger partial charge in [-0.3, -0.25) is 4.79 Å². The van der Waals surface area contributed by atoms with Gasteiger partial charge in [-0.15, -0.1) is 0 Å². The lowest BCUT2D eigenvalue weighted by Gasteiger charge is -2.24. The maximum absolute atomic E-state index is 12.9. The molecule has 2 aromatic rings. The summed E-state index contributed by atoms with van der Waals surface area (Å²) in [5, 5.41) is 0. The van der Waals surface area contributed by atoms with Crippen molar-refractivity contribution in [3.63, 3.8) is 0 Å². The van der Waals surface area contributed by atoms with E-state index in [1.807, 2.05) is 17.8 Å². The minimum absolute atomic E-state index is 0.0719. The summed E-state index contributed by atoms with van der Waals surface area (Å²) in [6.07, 6.45) is 4.69. The average Bonchev–Trinajstić information content (AvgIpc) is 3.21. The molecule has 0 bridgehead atoms. The number of aromatic nitrogens is 2. The third-order valence-corrected chi connectivity index (χ3v) is 4.55. The third kappa shape index (κ3) is 3.48. The van der Waals surface area contributed by atoms with Crippen molar-refractivity contribution in [2.24, 2.45) is 13.0 Å². The zero-order chi connectivity index (χ0) is 17.1. The fourth-order valence-electron chi connectivity index (χ4n) is 3.09. The molecular formula is C18H22FN3O2. The number of hydrogen-bond acceptors (Lipinski definition) is 3. The molecule has 0 spiro atoms. The number of ether oxygens (including phenoxy) is 1. The van der Waals surface area contributed by atoms with Crippen LogP contribution < -0.4 is 0 Å². The number of carbonyl (C=O) groups is 1. The zero-order valence-corrected chi connectivity index (χ0v) is 14.0. The molecular weight excluding hydrogens is 309 g/mol. The maximum atomic E-state index is 12.9. The minimum atomic E-state index is -0.286. The van der Waals surface area contributed by atoms with E-state index in [4.69, 9.17) is 4.74 Å². The van der Waals surface area contributed by atoms with Crippen molar-refractivity contribution in [2.75, 3.05) is 20.2 Å². The van der Waals surface area contributed by atoms with Gasteiger partial charge in [0.1, 0.15) is 17.7 Å². The molecule has 1 fully saturated rings. The number of imidazole rings is 1. The number of hydrogen-bond donors (Lipinski definition) is 0. The van der Waals surface area contributed by atoms with E-state index in [0.29, 0.717) is 26.0 Å². The molecule has 3 rings (SSSR count). The number of nitrogens with zero attached hydrogens (tertiary/aromatic N) is 3. The fourth-order valence-corrected chi connectivity index (χ4v) is 3.09. The average molecular weight is 331 g/mol. The van der Waals surface area contributed by atoms with Gasteiger partial charge in [0.2, 0.25) is 5.91 Å². The number of likely N-dealkylation sites (N-methyl/N-ethyl adjacent to an activating group) is 1. The first-order valence-electron chi connectivity index (χ1n) is 8.14. The Labute approximate surface area is 141 Å². The lowest BCUT2D eigenvalue weighted by Crippen LogP contribution is -2.36. The summed E-state index contributed by atoms with van der Waals surface area (Å²) in [6.45, 7) is 1.16. The van der Waals surface area contributed by atoms with Crippen molar-refractivity contribution in [1.82, 2.24) is 14.5 Å². The normalized spacial score (nSPS) is 20.3. The highest BCUT2D eigenvalue weighted by atomic mass is 19.1. The monoisotopic (exact) mass is 331 g/mol. The van der Waals surface area contributed by atoms with Crippen molar-refractivity contribution in [2.45, 2.75) is 18.9 Å². The predicted octanol–water partition coefficient (Wildman–Crippen LogP) is 2.34. The molecule has 0 saturated carbocycles. The standard InChI is InChI=1S/C18H22FN3O2/c1-21-11-9-20-17(21)16-15(8-12-24-16)18(23)22(2)10-7-13-3-5-14(19)6-4-13/h3-6,9,11,15-16H,7-8,10,12H2,1-2H3/t15-,16-/m1/s1. The molecule has 0 unspecified atom stereocenters. The number of aryl methyl sites for hydroxylation is 1. The van der Waals surface area contributed by atoms with E-state index in [1.165, 1.54) is 12.1 Å². The van der Waals surface area contributed by atoms with Crippen LogP contribution in [0.5, 0.6) is 0 Å². The largest absolute Gasteiger partial charge is 0.369 e. The Hall–Kier alpha value is -2.21. The Morgan fingerprint density at radius 2 is 2.17 bits per heavy atom. The van der Waals surface area contributed by atoms with Crippen molar-refractivity contribution in [1.29, 1.82) is 0 Å². The van der Waals surface area contributed by atoms with Gasteiger partial charge in [-0.05, 0) is 30.5 Å². The summed E-state index contributed by atoms with van der Waals surface area (Å²) in [7, 11) is 3.71. The molecule has 6 heteroatoms. The Morgan fingerprint density at radius 3 is 2.83 bits per heavy atom. The highest BCUT2D eigenvalue weighted by molar-refractivity contribution is 5.79. The van der Waals surface area contributed by atoms with Crippen LogP contribution in [0.3, 0.4) is 0 Å². The van der Waals surface area contributed by atoms with Gasteiger partial charge in [0, 0.05) is 39.6 Å². The number of benzene rings is 1. The van der Waals surface area contributed by atoms with Gasteiger partial charge in [0.25, 0.3) is 0 Å². The fraction of sp³-hybridized carbons (Fsp3) is 0.444. The zero-order valence-electron chi connectivity index (χ0n) is 14.0. The molecule has 0 N–H and O–H groups in total. The highest BCUT2D eigenvalue weighted by Crippen LogP contribution is 2.34.